The first-order valence-electron chi connectivity index (χ1n) is 6.69. The van der Waals surface area contributed by atoms with E-state index in [4.69, 9.17) is 11.6 Å². The SMILES string of the molecule is Cc1ccc(C(O)c2ccc(Cl)c3ccccc23)c(F)c1. The number of fused-ring (bicyclic) bond motifs is 1. The topological polar surface area (TPSA) is 20.2 Å². The summed E-state index contributed by atoms with van der Waals surface area (Å²) in [6, 6.07) is 15.8. The summed E-state index contributed by atoms with van der Waals surface area (Å²) < 4.78 is 14.1. The molecule has 0 heterocycles. The van der Waals surface area contributed by atoms with Crippen LogP contribution < -0.4 is 0 Å². The largest absolute Gasteiger partial charge is 0.384 e. The Morgan fingerprint density at radius 3 is 2.33 bits per heavy atom. The first kappa shape index (κ1) is 14.1. The van der Waals surface area contributed by atoms with Gasteiger partial charge in [-0.25, -0.2) is 4.39 Å². The lowest BCUT2D eigenvalue weighted by Gasteiger charge is -2.16. The molecule has 3 aromatic carbocycles. The number of rotatable bonds is 2. The van der Waals surface area contributed by atoms with E-state index in [1.807, 2.05) is 31.2 Å². The number of hydrogen-bond acceptors (Lipinski definition) is 1. The summed E-state index contributed by atoms with van der Waals surface area (Å²) in [6.45, 7) is 1.82. The van der Waals surface area contributed by atoms with E-state index >= 15 is 0 Å². The van der Waals surface area contributed by atoms with E-state index in [0.717, 1.165) is 16.3 Å². The summed E-state index contributed by atoms with van der Waals surface area (Å²) in [6.07, 6.45) is -1.02. The van der Waals surface area contributed by atoms with Gasteiger partial charge < -0.3 is 5.11 Å². The molecule has 0 aromatic heterocycles. The molecule has 1 nitrogen and oxygen atoms in total. The predicted molar refractivity (Wildman–Crippen MR) is 84.2 cm³/mol. The maximum atomic E-state index is 14.1. The molecule has 1 N–H and O–H groups in total. The van der Waals surface area contributed by atoms with Crippen molar-refractivity contribution in [1.29, 1.82) is 0 Å². The molecular formula is C18H14ClFO. The number of halogens is 2. The van der Waals surface area contributed by atoms with Gasteiger partial charge in [0.05, 0.1) is 0 Å². The summed E-state index contributed by atoms with van der Waals surface area (Å²) in [7, 11) is 0. The van der Waals surface area contributed by atoms with Gasteiger partial charge in [-0.3, -0.25) is 0 Å². The zero-order chi connectivity index (χ0) is 15.0. The van der Waals surface area contributed by atoms with Crippen molar-refractivity contribution < 1.29 is 9.50 Å². The van der Waals surface area contributed by atoms with Crippen LogP contribution in [0.2, 0.25) is 5.02 Å². The maximum absolute atomic E-state index is 14.1. The molecule has 0 radical (unpaired) electrons. The van der Waals surface area contributed by atoms with E-state index in [9.17, 15) is 9.50 Å². The van der Waals surface area contributed by atoms with Crippen LogP contribution in [-0.4, -0.2) is 5.11 Å². The van der Waals surface area contributed by atoms with E-state index in [-0.39, 0.29) is 5.56 Å². The fourth-order valence-corrected chi connectivity index (χ4v) is 2.77. The zero-order valence-corrected chi connectivity index (χ0v) is 12.2. The highest BCUT2D eigenvalue weighted by atomic mass is 35.5. The average Bonchev–Trinajstić information content (AvgIpc) is 2.47. The van der Waals surface area contributed by atoms with Gasteiger partial charge in [-0.2, -0.15) is 0 Å². The van der Waals surface area contributed by atoms with E-state index in [1.54, 1.807) is 24.3 Å². The van der Waals surface area contributed by atoms with Crippen LogP contribution in [0.1, 0.15) is 22.8 Å². The van der Waals surface area contributed by atoms with Crippen LogP contribution in [0.3, 0.4) is 0 Å². The van der Waals surface area contributed by atoms with Gasteiger partial charge in [0, 0.05) is 16.0 Å². The minimum Gasteiger partial charge on any atom is -0.384 e. The average molecular weight is 301 g/mol. The van der Waals surface area contributed by atoms with Crippen molar-refractivity contribution in [2.45, 2.75) is 13.0 Å². The van der Waals surface area contributed by atoms with Crippen LogP contribution in [0, 0.1) is 12.7 Å². The molecule has 0 amide bonds. The molecule has 106 valence electrons. The Hall–Kier alpha value is -1.90. The van der Waals surface area contributed by atoms with Gasteiger partial charge in [0.25, 0.3) is 0 Å². The van der Waals surface area contributed by atoms with Crippen LogP contribution in [0.25, 0.3) is 10.8 Å². The fraction of sp³-hybridized carbons (Fsp3) is 0.111. The van der Waals surface area contributed by atoms with Crippen LogP contribution in [0.4, 0.5) is 4.39 Å². The smallest absolute Gasteiger partial charge is 0.129 e. The molecule has 21 heavy (non-hydrogen) atoms. The van der Waals surface area contributed by atoms with Gasteiger partial charge in [-0.05, 0) is 35.6 Å². The highest BCUT2D eigenvalue weighted by Gasteiger charge is 2.18. The molecule has 0 fully saturated rings. The van der Waals surface area contributed by atoms with Crippen molar-refractivity contribution >= 4 is 22.4 Å². The van der Waals surface area contributed by atoms with Crippen molar-refractivity contribution in [1.82, 2.24) is 0 Å². The van der Waals surface area contributed by atoms with Gasteiger partial charge in [0.15, 0.2) is 0 Å². The Labute approximate surface area is 127 Å². The molecule has 3 aromatic rings. The first-order chi connectivity index (χ1) is 10.1. The Kier molecular flexibility index (Phi) is 3.66. The lowest BCUT2D eigenvalue weighted by Crippen LogP contribution is -2.03. The lowest BCUT2D eigenvalue weighted by atomic mass is 9.95. The minimum atomic E-state index is -1.02. The third kappa shape index (κ3) is 2.53. The number of aryl methyl sites for hydroxylation is 1. The normalized spacial score (nSPS) is 12.6. The van der Waals surface area contributed by atoms with Gasteiger partial charge >= 0.3 is 0 Å². The third-order valence-electron chi connectivity index (χ3n) is 3.65. The van der Waals surface area contributed by atoms with Gasteiger partial charge in [-0.15, -0.1) is 0 Å². The summed E-state index contributed by atoms with van der Waals surface area (Å²) >= 11 is 6.18. The Balaban J connectivity index is 2.18. The quantitative estimate of drug-likeness (QED) is 0.704. The van der Waals surface area contributed by atoms with Crippen molar-refractivity contribution in [3.8, 4) is 0 Å². The molecule has 0 saturated heterocycles. The van der Waals surface area contributed by atoms with Crippen LogP contribution in [0.15, 0.2) is 54.6 Å². The van der Waals surface area contributed by atoms with E-state index in [0.29, 0.717) is 10.6 Å². The molecule has 3 rings (SSSR count). The second-order valence-electron chi connectivity index (χ2n) is 5.11. The van der Waals surface area contributed by atoms with Crippen molar-refractivity contribution in [2.24, 2.45) is 0 Å². The Morgan fingerprint density at radius 2 is 1.62 bits per heavy atom. The first-order valence-corrected chi connectivity index (χ1v) is 7.07. The second-order valence-corrected chi connectivity index (χ2v) is 5.52. The lowest BCUT2D eigenvalue weighted by molar-refractivity contribution is 0.216. The Morgan fingerprint density at radius 1 is 0.952 bits per heavy atom. The summed E-state index contributed by atoms with van der Waals surface area (Å²) in [4.78, 5) is 0. The number of hydrogen-bond donors (Lipinski definition) is 1. The van der Waals surface area contributed by atoms with Crippen molar-refractivity contribution in [3.05, 3.63) is 82.1 Å². The minimum absolute atomic E-state index is 0.271. The zero-order valence-electron chi connectivity index (χ0n) is 11.5. The number of aliphatic hydroxyl groups is 1. The molecular weight excluding hydrogens is 287 g/mol. The monoisotopic (exact) mass is 300 g/mol. The summed E-state index contributed by atoms with van der Waals surface area (Å²) in [5.41, 5.74) is 1.75. The van der Waals surface area contributed by atoms with Gasteiger partial charge in [-0.1, -0.05) is 54.1 Å². The molecule has 0 aliphatic carbocycles. The summed E-state index contributed by atoms with van der Waals surface area (Å²) in [5, 5.41) is 12.9. The van der Waals surface area contributed by atoms with Gasteiger partial charge in [0.1, 0.15) is 11.9 Å². The molecule has 0 aliphatic rings. The van der Waals surface area contributed by atoms with E-state index < -0.39 is 11.9 Å². The maximum Gasteiger partial charge on any atom is 0.129 e. The predicted octanol–water partition coefficient (Wildman–Crippen LogP) is 5.02. The number of benzene rings is 3. The van der Waals surface area contributed by atoms with E-state index in [2.05, 4.69) is 0 Å². The van der Waals surface area contributed by atoms with Crippen molar-refractivity contribution in [2.75, 3.05) is 0 Å². The Bertz CT molecular complexity index is 813. The van der Waals surface area contributed by atoms with Crippen LogP contribution in [-0.2, 0) is 0 Å². The molecule has 0 aliphatic heterocycles. The number of aliphatic hydroxyl groups excluding tert-OH is 1. The third-order valence-corrected chi connectivity index (χ3v) is 3.98. The highest BCUT2D eigenvalue weighted by molar-refractivity contribution is 6.35. The molecule has 3 heteroatoms. The molecule has 0 saturated carbocycles. The fourth-order valence-electron chi connectivity index (χ4n) is 2.55. The molecule has 1 atom stereocenters. The molecule has 1 unspecified atom stereocenters. The van der Waals surface area contributed by atoms with Gasteiger partial charge in [0.2, 0.25) is 0 Å². The van der Waals surface area contributed by atoms with Crippen LogP contribution >= 0.6 is 11.6 Å². The molecule has 0 bridgehead atoms. The highest BCUT2D eigenvalue weighted by Crippen LogP contribution is 2.33. The standard InChI is InChI=1S/C18H14ClFO/c1-11-6-7-15(17(20)10-11)18(21)14-8-9-16(19)13-5-3-2-4-12(13)14/h2-10,18,21H,1H3. The second kappa shape index (κ2) is 5.47. The molecule has 0 spiro atoms. The van der Waals surface area contributed by atoms with Crippen LogP contribution in [0.5, 0.6) is 0 Å². The van der Waals surface area contributed by atoms with E-state index in [1.165, 1.54) is 6.07 Å². The van der Waals surface area contributed by atoms with Crippen molar-refractivity contribution in [3.63, 3.8) is 0 Å². The summed E-state index contributed by atoms with van der Waals surface area (Å²) in [5.74, 6) is -0.401.